The number of benzene rings is 1. The van der Waals surface area contributed by atoms with Crippen LogP contribution in [0.4, 0.5) is 4.39 Å². The van der Waals surface area contributed by atoms with Gasteiger partial charge in [-0.15, -0.1) is 0 Å². The molecule has 0 radical (unpaired) electrons. The molecule has 0 aliphatic rings. The summed E-state index contributed by atoms with van der Waals surface area (Å²) in [7, 11) is 0. The van der Waals surface area contributed by atoms with Crippen molar-refractivity contribution in [1.82, 2.24) is 4.98 Å². The lowest BCUT2D eigenvalue weighted by molar-refractivity contribution is 0.194. The summed E-state index contributed by atoms with van der Waals surface area (Å²) >= 11 is 0. The lowest BCUT2D eigenvalue weighted by Crippen LogP contribution is -2.13. The maximum Gasteiger partial charge on any atom is 0.129 e. The molecule has 2 rings (SSSR count). The van der Waals surface area contributed by atoms with Crippen molar-refractivity contribution >= 4 is 0 Å². The standard InChI is InChI=1S/C25H36FNO2/c1-7-8-9-10-19-23(18-11-12-22(26)20(13-18)17(6)29)21(14-28)25(16(4)5)27-24(19)15(2)3/h11-13,15-17,28-29H,7-10,14H2,1-6H3. The average Bonchev–Trinajstić information content (AvgIpc) is 2.67. The Morgan fingerprint density at radius 2 is 1.59 bits per heavy atom. The summed E-state index contributed by atoms with van der Waals surface area (Å²) in [5.41, 5.74) is 5.99. The van der Waals surface area contributed by atoms with Crippen molar-refractivity contribution in [1.29, 1.82) is 0 Å². The van der Waals surface area contributed by atoms with Crippen LogP contribution in [0.3, 0.4) is 0 Å². The average molecular weight is 402 g/mol. The minimum Gasteiger partial charge on any atom is -0.392 e. The summed E-state index contributed by atoms with van der Waals surface area (Å²) in [4.78, 5) is 5.00. The van der Waals surface area contributed by atoms with Gasteiger partial charge in [0.1, 0.15) is 5.82 Å². The molecule has 0 fully saturated rings. The zero-order chi connectivity index (χ0) is 21.7. The molecule has 0 spiro atoms. The Balaban J connectivity index is 2.86. The van der Waals surface area contributed by atoms with Gasteiger partial charge in [-0.05, 0) is 60.4 Å². The van der Waals surface area contributed by atoms with Crippen molar-refractivity contribution < 1.29 is 14.6 Å². The molecule has 0 amide bonds. The summed E-state index contributed by atoms with van der Waals surface area (Å²) < 4.78 is 14.3. The van der Waals surface area contributed by atoms with Gasteiger partial charge in [0.05, 0.1) is 12.7 Å². The summed E-state index contributed by atoms with van der Waals surface area (Å²) in [6.07, 6.45) is 3.27. The normalized spacial score (nSPS) is 12.8. The molecule has 2 aromatic rings. The highest BCUT2D eigenvalue weighted by Gasteiger charge is 2.24. The minimum absolute atomic E-state index is 0.115. The van der Waals surface area contributed by atoms with Crippen molar-refractivity contribution in [2.24, 2.45) is 0 Å². The molecule has 29 heavy (non-hydrogen) atoms. The smallest absolute Gasteiger partial charge is 0.129 e. The van der Waals surface area contributed by atoms with Crippen LogP contribution in [0.1, 0.15) is 107 Å². The Morgan fingerprint density at radius 1 is 0.966 bits per heavy atom. The monoisotopic (exact) mass is 401 g/mol. The van der Waals surface area contributed by atoms with Crippen molar-refractivity contribution in [2.45, 2.75) is 91.8 Å². The highest BCUT2D eigenvalue weighted by molar-refractivity contribution is 5.74. The van der Waals surface area contributed by atoms with Crippen molar-refractivity contribution in [2.75, 3.05) is 0 Å². The van der Waals surface area contributed by atoms with E-state index in [1.165, 1.54) is 6.07 Å². The second-order valence-corrected chi connectivity index (χ2v) is 8.55. The van der Waals surface area contributed by atoms with Gasteiger partial charge in [0.25, 0.3) is 0 Å². The van der Waals surface area contributed by atoms with Crippen LogP contribution in [0.2, 0.25) is 0 Å². The van der Waals surface area contributed by atoms with Gasteiger partial charge in [0.15, 0.2) is 0 Å². The van der Waals surface area contributed by atoms with Crippen LogP contribution in [0.25, 0.3) is 11.1 Å². The second-order valence-electron chi connectivity index (χ2n) is 8.55. The van der Waals surface area contributed by atoms with Gasteiger partial charge in [-0.3, -0.25) is 4.98 Å². The molecule has 0 bridgehead atoms. The van der Waals surface area contributed by atoms with Crippen LogP contribution in [0.15, 0.2) is 18.2 Å². The summed E-state index contributed by atoms with van der Waals surface area (Å²) in [5, 5.41) is 20.3. The quantitative estimate of drug-likeness (QED) is 0.477. The number of aliphatic hydroxyl groups is 2. The lowest BCUT2D eigenvalue weighted by atomic mass is 9.84. The first-order valence-corrected chi connectivity index (χ1v) is 10.9. The summed E-state index contributed by atoms with van der Waals surface area (Å²) in [6.45, 7) is 12.1. The topological polar surface area (TPSA) is 53.4 Å². The van der Waals surface area contributed by atoms with Crippen LogP contribution in [-0.4, -0.2) is 15.2 Å². The highest BCUT2D eigenvalue weighted by atomic mass is 19.1. The van der Waals surface area contributed by atoms with Gasteiger partial charge in [-0.2, -0.15) is 0 Å². The van der Waals surface area contributed by atoms with Gasteiger partial charge in [-0.1, -0.05) is 53.5 Å². The van der Waals surface area contributed by atoms with Gasteiger partial charge in [-0.25, -0.2) is 4.39 Å². The van der Waals surface area contributed by atoms with Crippen molar-refractivity contribution in [3.05, 3.63) is 52.1 Å². The molecule has 1 aromatic heterocycles. The fraction of sp³-hybridized carbons (Fsp3) is 0.560. The summed E-state index contributed by atoms with van der Waals surface area (Å²) in [5.74, 6) is -0.00821. The zero-order valence-corrected chi connectivity index (χ0v) is 18.7. The Bertz CT molecular complexity index is 828. The molecular weight excluding hydrogens is 365 g/mol. The molecule has 0 saturated carbocycles. The molecule has 1 aromatic carbocycles. The Morgan fingerprint density at radius 3 is 2.10 bits per heavy atom. The maximum absolute atomic E-state index is 14.3. The van der Waals surface area contributed by atoms with E-state index in [1.54, 1.807) is 19.1 Å². The predicted octanol–water partition coefficient (Wildman–Crippen LogP) is 6.41. The van der Waals surface area contributed by atoms with Gasteiger partial charge in [0, 0.05) is 22.5 Å². The van der Waals surface area contributed by atoms with E-state index in [-0.39, 0.29) is 24.0 Å². The number of aromatic nitrogens is 1. The number of hydrogen-bond donors (Lipinski definition) is 2. The fourth-order valence-electron chi connectivity index (χ4n) is 3.99. The first kappa shape index (κ1) is 23.5. The zero-order valence-electron chi connectivity index (χ0n) is 18.7. The Labute approximate surface area is 175 Å². The van der Waals surface area contributed by atoms with Crippen LogP contribution in [-0.2, 0) is 13.0 Å². The van der Waals surface area contributed by atoms with Crippen molar-refractivity contribution in [3.63, 3.8) is 0 Å². The van der Waals surface area contributed by atoms with Gasteiger partial charge >= 0.3 is 0 Å². The minimum atomic E-state index is -0.896. The molecule has 1 heterocycles. The van der Waals surface area contributed by atoms with E-state index < -0.39 is 11.9 Å². The van der Waals surface area contributed by atoms with Crippen molar-refractivity contribution in [3.8, 4) is 11.1 Å². The van der Waals surface area contributed by atoms with E-state index in [0.29, 0.717) is 0 Å². The lowest BCUT2D eigenvalue weighted by Gasteiger charge is -2.24. The number of halogens is 1. The molecule has 160 valence electrons. The van der Waals surface area contributed by atoms with E-state index in [9.17, 15) is 14.6 Å². The highest BCUT2D eigenvalue weighted by Crippen LogP contribution is 2.38. The fourth-order valence-corrected chi connectivity index (χ4v) is 3.99. The molecule has 4 heteroatoms. The van der Waals surface area contributed by atoms with E-state index in [1.807, 2.05) is 0 Å². The number of rotatable bonds is 9. The van der Waals surface area contributed by atoms with E-state index in [4.69, 9.17) is 4.98 Å². The molecule has 0 aliphatic carbocycles. The number of nitrogens with zero attached hydrogens (tertiary/aromatic N) is 1. The van der Waals surface area contributed by atoms with Crippen LogP contribution < -0.4 is 0 Å². The van der Waals surface area contributed by atoms with E-state index in [0.717, 1.165) is 59.3 Å². The first-order chi connectivity index (χ1) is 13.7. The molecule has 0 saturated heterocycles. The third-order valence-electron chi connectivity index (χ3n) is 5.48. The summed E-state index contributed by atoms with van der Waals surface area (Å²) in [6, 6.07) is 4.90. The van der Waals surface area contributed by atoms with E-state index in [2.05, 4.69) is 34.6 Å². The molecular formula is C25H36FNO2. The van der Waals surface area contributed by atoms with Crippen LogP contribution in [0, 0.1) is 5.82 Å². The molecule has 3 nitrogen and oxygen atoms in total. The molecule has 1 unspecified atom stereocenters. The number of hydrogen-bond acceptors (Lipinski definition) is 3. The Kier molecular flexibility index (Phi) is 8.35. The molecule has 1 atom stereocenters. The maximum atomic E-state index is 14.3. The third kappa shape index (κ3) is 5.23. The third-order valence-corrected chi connectivity index (χ3v) is 5.48. The number of aliphatic hydroxyl groups excluding tert-OH is 2. The van der Waals surface area contributed by atoms with E-state index >= 15 is 0 Å². The second kappa shape index (κ2) is 10.3. The van der Waals surface area contributed by atoms with Crippen LogP contribution >= 0.6 is 0 Å². The molecule has 2 N–H and O–H groups in total. The van der Waals surface area contributed by atoms with Gasteiger partial charge < -0.3 is 10.2 Å². The SMILES string of the molecule is CCCCCc1c(C(C)C)nc(C(C)C)c(CO)c1-c1ccc(F)c(C(C)O)c1. The number of unbranched alkanes of at least 4 members (excludes halogenated alkanes) is 2. The predicted molar refractivity (Wildman–Crippen MR) is 118 cm³/mol. The first-order valence-electron chi connectivity index (χ1n) is 10.9. The largest absolute Gasteiger partial charge is 0.392 e. The van der Waals surface area contributed by atoms with Crippen LogP contribution in [0.5, 0.6) is 0 Å². The Hall–Kier alpha value is -1.78. The number of pyridine rings is 1. The van der Waals surface area contributed by atoms with Gasteiger partial charge in [0.2, 0.25) is 0 Å². The molecule has 0 aliphatic heterocycles.